The van der Waals surface area contributed by atoms with Gasteiger partial charge in [0.25, 0.3) is 0 Å². The predicted molar refractivity (Wildman–Crippen MR) is 72.9 cm³/mol. The van der Waals surface area contributed by atoms with Crippen LogP contribution >= 0.6 is 0 Å². The second-order valence-electron chi connectivity index (χ2n) is 4.87. The van der Waals surface area contributed by atoms with E-state index in [-0.39, 0.29) is 12.3 Å². The Balaban J connectivity index is 2.51. The standard InChI is InChI=1S/C11H21N3O5S/c1-13(2)20(18,19)8-6-12-11(17)14-7-4-3-5-9(14)10(15)16/h9H,3-8H2,1-2H3,(H,12,17)(H,15,16). The monoisotopic (exact) mass is 307 g/mol. The molecule has 1 unspecified atom stereocenters. The predicted octanol–water partition coefficient (Wildman–Crippen LogP) is -0.473. The number of carbonyl (C=O) groups is 2. The Bertz CT molecular complexity index is 463. The number of urea groups is 1. The fraction of sp³-hybridized carbons (Fsp3) is 0.818. The first-order chi connectivity index (χ1) is 9.25. The summed E-state index contributed by atoms with van der Waals surface area (Å²) >= 11 is 0. The number of hydrogen-bond acceptors (Lipinski definition) is 4. The maximum absolute atomic E-state index is 11.9. The van der Waals surface area contributed by atoms with Gasteiger partial charge in [0.15, 0.2) is 0 Å². The summed E-state index contributed by atoms with van der Waals surface area (Å²) in [6.45, 7) is 0.339. The maximum Gasteiger partial charge on any atom is 0.326 e. The Morgan fingerprint density at radius 3 is 2.55 bits per heavy atom. The number of carboxylic acids is 1. The molecular formula is C11H21N3O5S. The molecule has 0 bridgehead atoms. The van der Waals surface area contributed by atoms with E-state index in [2.05, 4.69) is 5.32 Å². The SMILES string of the molecule is CN(C)S(=O)(=O)CCNC(=O)N1CCCCC1C(=O)O. The third-order valence-electron chi connectivity index (χ3n) is 3.24. The van der Waals surface area contributed by atoms with Crippen LogP contribution in [0.3, 0.4) is 0 Å². The van der Waals surface area contributed by atoms with Crippen LogP contribution in [0.5, 0.6) is 0 Å². The van der Waals surface area contributed by atoms with Crippen LogP contribution in [0, 0.1) is 0 Å². The number of amides is 2. The van der Waals surface area contributed by atoms with E-state index in [0.717, 1.165) is 17.1 Å². The molecule has 0 aromatic rings. The summed E-state index contributed by atoms with van der Waals surface area (Å²) in [5.74, 6) is -1.24. The van der Waals surface area contributed by atoms with E-state index in [1.54, 1.807) is 0 Å². The Morgan fingerprint density at radius 1 is 1.35 bits per heavy atom. The van der Waals surface area contributed by atoms with Gasteiger partial charge in [-0.25, -0.2) is 22.3 Å². The van der Waals surface area contributed by atoms with Crippen LogP contribution in [0.15, 0.2) is 0 Å². The van der Waals surface area contributed by atoms with Gasteiger partial charge in [0.2, 0.25) is 10.0 Å². The van der Waals surface area contributed by atoms with Crippen molar-refractivity contribution in [3.63, 3.8) is 0 Å². The van der Waals surface area contributed by atoms with Gasteiger partial charge in [-0.2, -0.15) is 0 Å². The van der Waals surface area contributed by atoms with Crippen molar-refractivity contribution in [2.45, 2.75) is 25.3 Å². The van der Waals surface area contributed by atoms with Crippen LogP contribution in [0.4, 0.5) is 4.79 Å². The maximum atomic E-state index is 11.9. The van der Waals surface area contributed by atoms with Crippen molar-refractivity contribution in [1.29, 1.82) is 0 Å². The highest BCUT2D eigenvalue weighted by Gasteiger charge is 2.31. The number of sulfonamides is 1. The lowest BCUT2D eigenvalue weighted by Crippen LogP contribution is -2.52. The fourth-order valence-corrected chi connectivity index (χ4v) is 2.73. The van der Waals surface area contributed by atoms with E-state index in [1.807, 2.05) is 0 Å². The Morgan fingerprint density at radius 2 is 2.00 bits per heavy atom. The highest BCUT2D eigenvalue weighted by Crippen LogP contribution is 2.17. The van der Waals surface area contributed by atoms with E-state index in [0.29, 0.717) is 13.0 Å². The molecule has 0 saturated carbocycles. The molecule has 1 atom stereocenters. The zero-order valence-electron chi connectivity index (χ0n) is 11.7. The molecule has 0 radical (unpaired) electrons. The molecule has 8 nitrogen and oxygen atoms in total. The average Bonchev–Trinajstić information content (AvgIpc) is 2.38. The second-order valence-corrected chi connectivity index (χ2v) is 7.18. The first-order valence-electron chi connectivity index (χ1n) is 6.43. The van der Waals surface area contributed by atoms with Crippen LogP contribution in [0.1, 0.15) is 19.3 Å². The van der Waals surface area contributed by atoms with Gasteiger partial charge >= 0.3 is 12.0 Å². The van der Waals surface area contributed by atoms with E-state index < -0.39 is 28.1 Å². The largest absolute Gasteiger partial charge is 0.480 e. The van der Waals surface area contributed by atoms with Crippen molar-refractivity contribution in [2.75, 3.05) is 32.9 Å². The molecule has 2 N–H and O–H groups in total. The third-order valence-corrected chi connectivity index (χ3v) is 5.07. The van der Waals surface area contributed by atoms with Gasteiger partial charge in [-0.1, -0.05) is 0 Å². The summed E-state index contributed by atoms with van der Waals surface area (Å²) in [4.78, 5) is 24.2. The zero-order valence-corrected chi connectivity index (χ0v) is 12.5. The van der Waals surface area contributed by atoms with Gasteiger partial charge in [0, 0.05) is 27.2 Å². The zero-order chi connectivity index (χ0) is 15.3. The Hall–Kier alpha value is -1.35. The van der Waals surface area contributed by atoms with Crippen molar-refractivity contribution >= 4 is 22.0 Å². The number of carbonyl (C=O) groups excluding carboxylic acids is 1. The number of hydrogen-bond donors (Lipinski definition) is 2. The lowest BCUT2D eigenvalue weighted by Gasteiger charge is -2.32. The number of nitrogens with one attached hydrogen (secondary N) is 1. The summed E-state index contributed by atoms with van der Waals surface area (Å²) in [5, 5.41) is 11.5. The lowest BCUT2D eigenvalue weighted by atomic mass is 10.0. The van der Waals surface area contributed by atoms with Gasteiger partial charge in [0.05, 0.1) is 5.75 Å². The summed E-state index contributed by atoms with van der Waals surface area (Å²) in [7, 11) is -0.533. The number of likely N-dealkylation sites (tertiary alicyclic amines) is 1. The molecule has 20 heavy (non-hydrogen) atoms. The Kier molecular flexibility index (Phi) is 5.75. The molecule has 1 fully saturated rings. The van der Waals surface area contributed by atoms with Crippen LogP contribution in [-0.2, 0) is 14.8 Å². The van der Waals surface area contributed by atoms with Crippen molar-refractivity contribution in [2.24, 2.45) is 0 Å². The molecular weight excluding hydrogens is 286 g/mol. The van der Waals surface area contributed by atoms with Crippen LogP contribution in [0.2, 0.25) is 0 Å². The molecule has 0 spiro atoms. The molecule has 2 amide bonds. The topological polar surface area (TPSA) is 107 Å². The molecule has 9 heteroatoms. The number of rotatable bonds is 5. The van der Waals surface area contributed by atoms with Gasteiger partial charge in [-0.05, 0) is 19.3 Å². The fourth-order valence-electron chi connectivity index (χ4n) is 2.00. The summed E-state index contributed by atoms with van der Waals surface area (Å²) in [6, 6.07) is -1.35. The highest BCUT2D eigenvalue weighted by molar-refractivity contribution is 7.89. The second kappa shape index (κ2) is 6.89. The van der Waals surface area contributed by atoms with Gasteiger partial charge < -0.3 is 15.3 Å². The van der Waals surface area contributed by atoms with Crippen molar-refractivity contribution < 1.29 is 23.1 Å². The minimum atomic E-state index is -3.37. The van der Waals surface area contributed by atoms with Crippen molar-refractivity contribution in [1.82, 2.24) is 14.5 Å². The molecule has 0 aliphatic carbocycles. The van der Waals surface area contributed by atoms with E-state index >= 15 is 0 Å². The summed E-state index contributed by atoms with van der Waals surface area (Å²) in [5.41, 5.74) is 0. The van der Waals surface area contributed by atoms with Crippen LogP contribution < -0.4 is 5.32 Å². The minimum Gasteiger partial charge on any atom is -0.480 e. The molecule has 1 heterocycles. The quantitative estimate of drug-likeness (QED) is 0.714. The normalized spacial score (nSPS) is 19.9. The number of carboxylic acid groups (broad SMARTS) is 1. The molecule has 1 saturated heterocycles. The van der Waals surface area contributed by atoms with Gasteiger partial charge in [-0.15, -0.1) is 0 Å². The molecule has 1 aliphatic heterocycles. The summed E-state index contributed by atoms with van der Waals surface area (Å²) in [6.07, 6.45) is 1.96. The lowest BCUT2D eigenvalue weighted by molar-refractivity contribution is -0.143. The smallest absolute Gasteiger partial charge is 0.326 e. The Labute approximate surface area is 118 Å². The molecule has 0 aromatic heterocycles. The molecule has 1 aliphatic rings. The molecule has 1 rings (SSSR count). The first-order valence-corrected chi connectivity index (χ1v) is 8.04. The van der Waals surface area contributed by atoms with Gasteiger partial charge in [0.1, 0.15) is 6.04 Å². The molecule has 116 valence electrons. The van der Waals surface area contributed by atoms with Crippen LogP contribution in [0.25, 0.3) is 0 Å². The van der Waals surface area contributed by atoms with E-state index in [9.17, 15) is 18.0 Å². The molecule has 0 aromatic carbocycles. The van der Waals surface area contributed by atoms with Crippen molar-refractivity contribution in [3.8, 4) is 0 Å². The first kappa shape index (κ1) is 16.7. The average molecular weight is 307 g/mol. The van der Waals surface area contributed by atoms with Gasteiger partial charge in [-0.3, -0.25) is 0 Å². The number of aliphatic carboxylic acids is 1. The minimum absolute atomic E-state index is 0.0395. The number of nitrogens with zero attached hydrogens (tertiary/aromatic N) is 2. The van der Waals surface area contributed by atoms with Crippen LogP contribution in [-0.4, -0.2) is 73.7 Å². The number of piperidine rings is 1. The summed E-state index contributed by atoms with van der Waals surface area (Å²) < 4.78 is 24.1. The van der Waals surface area contributed by atoms with E-state index in [1.165, 1.54) is 19.0 Å². The highest BCUT2D eigenvalue weighted by atomic mass is 32.2. The third kappa shape index (κ3) is 4.34. The van der Waals surface area contributed by atoms with E-state index in [4.69, 9.17) is 5.11 Å². The van der Waals surface area contributed by atoms with Crippen molar-refractivity contribution in [3.05, 3.63) is 0 Å².